The summed E-state index contributed by atoms with van der Waals surface area (Å²) >= 11 is 0. The van der Waals surface area contributed by atoms with E-state index in [1.807, 2.05) is 39.8 Å². The monoisotopic (exact) mass is 380 g/mol. The molecule has 7 nitrogen and oxygen atoms in total. The SMILES string of the molecule is COc1cccc(C)c1/C=c1\[nH]c(=O)/c(=C/c2nc[nH]c2C(C)(C)C)[nH]c1=O. The zero-order chi connectivity index (χ0) is 20.5. The second-order valence-corrected chi connectivity index (χ2v) is 7.63. The van der Waals surface area contributed by atoms with E-state index in [9.17, 15) is 9.59 Å². The third-order valence-electron chi connectivity index (χ3n) is 4.48. The van der Waals surface area contributed by atoms with Gasteiger partial charge >= 0.3 is 0 Å². The molecule has 1 aromatic carbocycles. The molecule has 146 valence electrons. The van der Waals surface area contributed by atoms with Crippen LogP contribution in [0.1, 0.15) is 43.3 Å². The molecule has 0 unspecified atom stereocenters. The Balaban J connectivity index is 2.18. The number of aromatic amines is 3. The molecule has 2 aromatic heterocycles. The topological polar surface area (TPSA) is 104 Å². The maximum absolute atomic E-state index is 12.6. The number of hydrogen-bond donors (Lipinski definition) is 3. The van der Waals surface area contributed by atoms with E-state index < -0.39 is 11.1 Å². The van der Waals surface area contributed by atoms with Gasteiger partial charge in [-0.2, -0.15) is 0 Å². The van der Waals surface area contributed by atoms with Crippen LogP contribution in [-0.2, 0) is 5.41 Å². The van der Waals surface area contributed by atoms with Crippen molar-refractivity contribution in [2.75, 3.05) is 7.11 Å². The normalized spacial score (nSPS) is 13.2. The van der Waals surface area contributed by atoms with Gasteiger partial charge < -0.3 is 19.7 Å². The van der Waals surface area contributed by atoms with E-state index in [4.69, 9.17) is 4.74 Å². The molecule has 0 saturated heterocycles. The summed E-state index contributed by atoms with van der Waals surface area (Å²) in [7, 11) is 1.56. The lowest BCUT2D eigenvalue weighted by atomic mass is 9.90. The average molecular weight is 380 g/mol. The molecule has 0 aliphatic heterocycles. The van der Waals surface area contributed by atoms with Crippen LogP contribution in [0.3, 0.4) is 0 Å². The molecule has 0 fully saturated rings. The highest BCUT2D eigenvalue weighted by Gasteiger charge is 2.19. The van der Waals surface area contributed by atoms with Crippen LogP contribution in [0.15, 0.2) is 34.1 Å². The van der Waals surface area contributed by atoms with Gasteiger partial charge in [-0.05, 0) is 30.7 Å². The van der Waals surface area contributed by atoms with E-state index in [0.717, 1.165) is 16.8 Å². The summed E-state index contributed by atoms with van der Waals surface area (Å²) in [5, 5.41) is 0.310. The van der Waals surface area contributed by atoms with Crippen molar-refractivity contribution in [2.24, 2.45) is 0 Å². The second kappa shape index (κ2) is 7.34. The van der Waals surface area contributed by atoms with Crippen LogP contribution in [0, 0.1) is 6.92 Å². The predicted molar refractivity (Wildman–Crippen MR) is 109 cm³/mol. The number of methoxy groups -OCH3 is 1. The number of H-pyrrole nitrogens is 3. The first kappa shape index (κ1) is 19.4. The number of benzene rings is 1. The highest BCUT2D eigenvalue weighted by molar-refractivity contribution is 5.60. The number of imidazole rings is 1. The van der Waals surface area contributed by atoms with Gasteiger partial charge in [0.2, 0.25) is 0 Å². The van der Waals surface area contributed by atoms with Crippen LogP contribution >= 0.6 is 0 Å². The van der Waals surface area contributed by atoms with Gasteiger partial charge in [-0.25, -0.2) is 4.98 Å². The lowest BCUT2D eigenvalue weighted by Crippen LogP contribution is -2.46. The molecule has 0 saturated carbocycles. The van der Waals surface area contributed by atoms with Crippen molar-refractivity contribution in [3.05, 3.63) is 78.4 Å². The summed E-state index contributed by atoms with van der Waals surface area (Å²) < 4.78 is 5.35. The smallest absolute Gasteiger partial charge is 0.272 e. The number of ether oxygens (including phenoxy) is 1. The number of aryl methyl sites for hydroxylation is 1. The molecule has 7 heteroatoms. The van der Waals surface area contributed by atoms with E-state index in [0.29, 0.717) is 11.4 Å². The predicted octanol–water partition coefficient (Wildman–Crippen LogP) is 1.06. The van der Waals surface area contributed by atoms with Crippen molar-refractivity contribution in [1.82, 2.24) is 19.9 Å². The standard InChI is InChI=1S/C21H24N4O3/c1-12-7-6-8-17(28-5)13(12)9-15-19(26)25-16(20(27)24-15)10-14-18(21(2,3)4)23-11-22-14/h6-11H,1-5H3,(H,22,23)(H,24,27)(H,25,26)/b15-9-,16-10-. The highest BCUT2D eigenvalue weighted by Crippen LogP contribution is 2.23. The quantitative estimate of drug-likeness (QED) is 0.632. The molecular formula is C21H24N4O3. The fourth-order valence-corrected chi connectivity index (χ4v) is 3.01. The molecule has 3 N–H and O–H groups in total. The van der Waals surface area contributed by atoms with Gasteiger partial charge in [0.05, 0.1) is 19.1 Å². The zero-order valence-electron chi connectivity index (χ0n) is 16.6. The van der Waals surface area contributed by atoms with Crippen LogP contribution in [0.25, 0.3) is 12.2 Å². The molecule has 0 aliphatic carbocycles. The van der Waals surface area contributed by atoms with Crippen molar-refractivity contribution in [3.8, 4) is 5.75 Å². The minimum atomic E-state index is -0.402. The number of rotatable bonds is 3. The Morgan fingerprint density at radius 2 is 1.68 bits per heavy atom. The van der Waals surface area contributed by atoms with Gasteiger partial charge in [0.1, 0.15) is 16.4 Å². The van der Waals surface area contributed by atoms with Crippen LogP contribution in [0.5, 0.6) is 5.75 Å². The average Bonchev–Trinajstić information content (AvgIpc) is 3.09. The van der Waals surface area contributed by atoms with E-state index in [1.165, 1.54) is 0 Å². The Morgan fingerprint density at radius 3 is 2.29 bits per heavy atom. The number of hydrogen-bond acceptors (Lipinski definition) is 4. The summed E-state index contributed by atoms with van der Waals surface area (Å²) in [6.07, 6.45) is 4.77. The van der Waals surface area contributed by atoms with E-state index in [-0.39, 0.29) is 16.1 Å². The van der Waals surface area contributed by atoms with Crippen LogP contribution in [0.4, 0.5) is 0 Å². The molecule has 0 atom stereocenters. The minimum Gasteiger partial charge on any atom is -0.496 e. The van der Waals surface area contributed by atoms with Gasteiger partial charge in [0.25, 0.3) is 11.1 Å². The van der Waals surface area contributed by atoms with Crippen LogP contribution in [0.2, 0.25) is 0 Å². The van der Waals surface area contributed by atoms with Crippen LogP contribution < -0.4 is 26.6 Å². The summed E-state index contributed by atoms with van der Waals surface area (Å²) in [6, 6.07) is 5.58. The van der Waals surface area contributed by atoms with Crippen LogP contribution in [-0.4, -0.2) is 27.0 Å². The molecule has 0 radical (unpaired) electrons. The van der Waals surface area contributed by atoms with Crippen molar-refractivity contribution < 1.29 is 4.74 Å². The molecule has 28 heavy (non-hydrogen) atoms. The third-order valence-corrected chi connectivity index (χ3v) is 4.48. The Hall–Kier alpha value is -3.35. The van der Waals surface area contributed by atoms with Gasteiger partial charge in [0.15, 0.2) is 0 Å². The second-order valence-electron chi connectivity index (χ2n) is 7.63. The van der Waals surface area contributed by atoms with Gasteiger partial charge in [0, 0.05) is 16.7 Å². The molecule has 0 aliphatic rings. The van der Waals surface area contributed by atoms with E-state index in [1.54, 1.807) is 31.7 Å². The number of nitrogens with one attached hydrogen (secondary N) is 3. The molecule has 3 rings (SSSR count). The molecule has 2 heterocycles. The van der Waals surface area contributed by atoms with Crippen molar-refractivity contribution in [3.63, 3.8) is 0 Å². The van der Waals surface area contributed by atoms with E-state index in [2.05, 4.69) is 19.9 Å². The molecule has 3 aromatic rings. The number of aromatic nitrogens is 4. The lowest BCUT2D eigenvalue weighted by molar-refractivity contribution is 0.413. The first-order valence-corrected chi connectivity index (χ1v) is 8.94. The highest BCUT2D eigenvalue weighted by atomic mass is 16.5. The Kier molecular flexibility index (Phi) is 5.09. The Bertz CT molecular complexity index is 1240. The van der Waals surface area contributed by atoms with Crippen molar-refractivity contribution in [1.29, 1.82) is 0 Å². The molecule has 0 bridgehead atoms. The minimum absolute atomic E-state index is 0.150. The van der Waals surface area contributed by atoms with Gasteiger partial charge in [-0.3, -0.25) is 9.59 Å². The fraction of sp³-hybridized carbons (Fsp3) is 0.286. The Labute approximate surface area is 161 Å². The van der Waals surface area contributed by atoms with Gasteiger partial charge in [-0.15, -0.1) is 0 Å². The number of nitrogens with zero attached hydrogens (tertiary/aromatic N) is 1. The summed E-state index contributed by atoms with van der Waals surface area (Å²) in [5.41, 5.74) is 2.20. The first-order valence-electron chi connectivity index (χ1n) is 8.94. The van der Waals surface area contributed by atoms with E-state index >= 15 is 0 Å². The summed E-state index contributed by atoms with van der Waals surface area (Å²) in [6.45, 7) is 8.03. The summed E-state index contributed by atoms with van der Waals surface area (Å²) in [5.74, 6) is 0.627. The Morgan fingerprint density at radius 1 is 1.04 bits per heavy atom. The third kappa shape index (κ3) is 3.83. The van der Waals surface area contributed by atoms with Crippen molar-refractivity contribution in [2.45, 2.75) is 33.1 Å². The molecule has 0 amide bonds. The summed E-state index contributed by atoms with van der Waals surface area (Å²) in [4.78, 5) is 37.8. The molecule has 0 spiro atoms. The largest absolute Gasteiger partial charge is 0.496 e. The van der Waals surface area contributed by atoms with Gasteiger partial charge in [-0.1, -0.05) is 32.9 Å². The molecular weight excluding hydrogens is 356 g/mol. The van der Waals surface area contributed by atoms with Crippen molar-refractivity contribution >= 4 is 12.2 Å². The maximum atomic E-state index is 12.6. The lowest BCUT2D eigenvalue weighted by Gasteiger charge is -2.16. The maximum Gasteiger partial charge on any atom is 0.272 e. The first-order chi connectivity index (χ1) is 13.2. The fourth-order valence-electron chi connectivity index (χ4n) is 3.01. The zero-order valence-corrected chi connectivity index (χ0v) is 16.6.